The first-order chi connectivity index (χ1) is 10.2. The maximum atomic E-state index is 12.4. The second kappa shape index (κ2) is 7.49. The largest absolute Gasteiger partial charge is 0.341 e. The summed E-state index contributed by atoms with van der Waals surface area (Å²) in [5.74, 6) is -3.58. The van der Waals surface area contributed by atoms with Crippen LogP contribution < -0.4 is 0 Å². The summed E-state index contributed by atoms with van der Waals surface area (Å²) in [6.45, 7) is 8.40. The molecule has 0 atom stereocenters. The van der Waals surface area contributed by atoms with Crippen LogP contribution in [0, 0.1) is 0 Å². The van der Waals surface area contributed by atoms with E-state index in [1.54, 1.807) is 4.90 Å². The standard InChI is InChI=1S/C15H19F2NO3S/c1-4-18(10-11(2)3)14(19)9-12-5-7-13(8-6-12)22(20,21)15(16)17/h5-8,15H,2,4,9-10H2,1,3H3. The normalized spacial score (nSPS) is 11.5. The van der Waals surface area contributed by atoms with E-state index in [9.17, 15) is 22.0 Å². The highest BCUT2D eigenvalue weighted by Crippen LogP contribution is 2.19. The molecule has 0 N–H and O–H groups in total. The molecule has 1 amide bonds. The molecule has 0 saturated carbocycles. The van der Waals surface area contributed by atoms with E-state index >= 15 is 0 Å². The molecule has 122 valence electrons. The Balaban J connectivity index is 2.84. The lowest BCUT2D eigenvalue weighted by Crippen LogP contribution is -2.33. The van der Waals surface area contributed by atoms with E-state index in [1.807, 2.05) is 13.8 Å². The second-order valence-corrected chi connectivity index (χ2v) is 6.91. The van der Waals surface area contributed by atoms with Gasteiger partial charge in [-0.2, -0.15) is 8.78 Å². The van der Waals surface area contributed by atoms with Crippen molar-refractivity contribution in [3.63, 3.8) is 0 Å². The van der Waals surface area contributed by atoms with Crippen LogP contribution in [0.3, 0.4) is 0 Å². The summed E-state index contributed by atoms with van der Waals surface area (Å²) in [4.78, 5) is 13.3. The van der Waals surface area contributed by atoms with Crippen LogP contribution in [0.15, 0.2) is 41.3 Å². The molecular weight excluding hydrogens is 312 g/mol. The number of carbonyl (C=O) groups is 1. The molecule has 0 bridgehead atoms. The Morgan fingerprint density at radius 2 is 1.82 bits per heavy atom. The SMILES string of the molecule is C=C(C)CN(CC)C(=O)Cc1ccc(S(=O)(=O)C(F)F)cc1. The van der Waals surface area contributed by atoms with Crippen LogP contribution in [0.2, 0.25) is 0 Å². The zero-order valence-corrected chi connectivity index (χ0v) is 13.4. The number of likely N-dealkylation sites (N-methyl/N-ethyl adjacent to an activating group) is 1. The van der Waals surface area contributed by atoms with Crippen LogP contribution in [-0.2, 0) is 21.1 Å². The Kier molecular flexibility index (Phi) is 6.22. The zero-order chi connectivity index (χ0) is 16.9. The van der Waals surface area contributed by atoms with Crippen molar-refractivity contribution in [2.24, 2.45) is 0 Å². The highest BCUT2D eigenvalue weighted by Gasteiger charge is 2.26. The molecule has 7 heteroatoms. The number of nitrogens with zero attached hydrogens (tertiary/aromatic N) is 1. The monoisotopic (exact) mass is 331 g/mol. The zero-order valence-electron chi connectivity index (χ0n) is 12.6. The third-order valence-electron chi connectivity index (χ3n) is 3.04. The van der Waals surface area contributed by atoms with Gasteiger partial charge in [0.05, 0.1) is 11.3 Å². The van der Waals surface area contributed by atoms with E-state index in [0.717, 1.165) is 17.7 Å². The van der Waals surface area contributed by atoms with Gasteiger partial charge in [-0.15, -0.1) is 0 Å². The van der Waals surface area contributed by atoms with Gasteiger partial charge in [0, 0.05) is 13.1 Å². The van der Waals surface area contributed by atoms with Gasteiger partial charge >= 0.3 is 5.76 Å². The first kappa shape index (κ1) is 18.3. The molecule has 0 aliphatic rings. The fourth-order valence-corrected chi connectivity index (χ4v) is 2.61. The second-order valence-electron chi connectivity index (χ2n) is 4.99. The van der Waals surface area contributed by atoms with Gasteiger partial charge in [0.2, 0.25) is 15.7 Å². The summed E-state index contributed by atoms with van der Waals surface area (Å²) in [5.41, 5.74) is 1.42. The third kappa shape index (κ3) is 4.62. The molecule has 0 spiro atoms. The number of carbonyl (C=O) groups excluding carboxylic acids is 1. The van der Waals surface area contributed by atoms with Crippen molar-refractivity contribution in [2.75, 3.05) is 13.1 Å². The van der Waals surface area contributed by atoms with Crippen LogP contribution in [0.25, 0.3) is 0 Å². The van der Waals surface area contributed by atoms with Gasteiger partial charge in [-0.1, -0.05) is 24.3 Å². The number of amides is 1. The van der Waals surface area contributed by atoms with E-state index in [2.05, 4.69) is 6.58 Å². The molecule has 1 aromatic carbocycles. The molecule has 0 aromatic heterocycles. The van der Waals surface area contributed by atoms with Crippen molar-refractivity contribution in [3.8, 4) is 0 Å². The Hall–Kier alpha value is -1.76. The summed E-state index contributed by atoms with van der Waals surface area (Å²) in [6.07, 6.45) is 0.0795. The Morgan fingerprint density at radius 3 is 2.23 bits per heavy atom. The minimum Gasteiger partial charge on any atom is -0.339 e. The molecule has 1 aromatic rings. The predicted octanol–water partition coefficient (Wildman–Crippen LogP) is 2.65. The summed E-state index contributed by atoms with van der Waals surface area (Å²) in [5, 5.41) is 0. The minimum absolute atomic E-state index is 0.0795. The van der Waals surface area contributed by atoms with Gasteiger partial charge in [0.1, 0.15) is 0 Å². The number of sulfone groups is 1. The lowest BCUT2D eigenvalue weighted by atomic mass is 10.1. The van der Waals surface area contributed by atoms with E-state index in [0.29, 0.717) is 18.7 Å². The third-order valence-corrected chi connectivity index (χ3v) is 4.44. The lowest BCUT2D eigenvalue weighted by Gasteiger charge is -2.21. The first-order valence-electron chi connectivity index (χ1n) is 6.71. The van der Waals surface area contributed by atoms with Crippen LogP contribution in [0.5, 0.6) is 0 Å². The Labute approximate surface area is 129 Å². The number of alkyl halides is 2. The highest BCUT2D eigenvalue weighted by atomic mass is 32.2. The number of rotatable bonds is 7. The van der Waals surface area contributed by atoms with Crippen molar-refractivity contribution in [2.45, 2.75) is 30.9 Å². The Bertz CT molecular complexity index is 639. The smallest absolute Gasteiger partial charge is 0.339 e. The maximum Gasteiger partial charge on any atom is 0.341 e. The first-order valence-corrected chi connectivity index (χ1v) is 8.26. The average molecular weight is 331 g/mol. The molecule has 0 fully saturated rings. The number of hydrogen-bond acceptors (Lipinski definition) is 3. The molecule has 1 rings (SSSR count). The molecule has 0 unspecified atom stereocenters. The fourth-order valence-electron chi connectivity index (χ4n) is 1.89. The van der Waals surface area contributed by atoms with Crippen molar-refractivity contribution in [3.05, 3.63) is 42.0 Å². The molecule has 0 radical (unpaired) electrons. The lowest BCUT2D eigenvalue weighted by molar-refractivity contribution is -0.129. The van der Waals surface area contributed by atoms with Gasteiger partial charge in [0.15, 0.2) is 0 Å². The van der Waals surface area contributed by atoms with Gasteiger partial charge in [-0.05, 0) is 31.5 Å². The number of halogens is 2. The topological polar surface area (TPSA) is 54.5 Å². The molecule has 4 nitrogen and oxygen atoms in total. The number of benzene rings is 1. The van der Waals surface area contributed by atoms with Crippen molar-refractivity contribution >= 4 is 15.7 Å². The van der Waals surface area contributed by atoms with Crippen LogP contribution in [0.1, 0.15) is 19.4 Å². The van der Waals surface area contributed by atoms with Gasteiger partial charge < -0.3 is 4.90 Å². The van der Waals surface area contributed by atoms with E-state index < -0.39 is 20.5 Å². The predicted molar refractivity (Wildman–Crippen MR) is 80.4 cm³/mol. The molecular formula is C15H19F2NO3S. The van der Waals surface area contributed by atoms with Gasteiger partial charge in [-0.25, -0.2) is 8.42 Å². The summed E-state index contributed by atoms with van der Waals surface area (Å²) >= 11 is 0. The highest BCUT2D eigenvalue weighted by molar-refractivity contribution is 7.91. The number of hydrogen-bond donors (Lipinski definition) is 0. The van der Waals surface area contributed by atoms with E-state index in [-0.39, 0.29) is 12.3 Å². The quantitative estimate of drug-likeness (QED) is 0.722. The summed E-state index contributed by atoms with van der Waals surface area (Å²) in [7, 11) is -4.60. The maximum absolute atomic E-state index is 12.4. The molecule has 22 heavy (non-hydrogen) atoms. The van der Waals surface area contributed by atoms with Crippen LogP contribution in [0.4, 0.5) is 8.78 Å². The molecule has 0 heterocycles. The summed E-state index contributed by atoms with van der Waals surface area (Å²) in [6, 6.07) is 4.95. The van der Waals surface area contributed by atoms with Crippen LogP contribution in [-0.4, -0.2) is 38.1 Å². The summed E-state index contributed by atoms with van der Waals surface area (Å²) < 4.78 is 47.5. The minimum atomic E-state index is -4.60. The van der Waals surface area contributed by atoms with Crippen LogP contribution >= 0.6 is 0 Å². The molecule has 0 saturated heterocycles. The van der Waals surface area contributed by atoms with Crippen molar-refractivity contribution in [1.82, 2.24) is 4.90 Å². The Morgan fingerprint density at radius 1 is 1.27 bits per heavy atom. The van der Waals surface area contributed by atoms with Gasteiger partial charge in [0.25, 0.3) is 0 Å². The molecule has 0 aliphatic carbocycles. The van der Waals surface area contributed by atoms with Crippen molar-refractivity contribution < 1.29 is 22.0 Å². The van der Waals surface area contributed by atoms with E-state index in [1.165, 1.54) is 12.1 Å². The van der Waals surface area contributed by atoms with Crippen molar-refractivity contribution in [1.29, 1.82) is 0 Å². The molecule has 0 aliphatic heterocycles. The van der Waals surface area contributed by atoms with Gasteiger partial charge in [-0.3, -0.25) is 4.79 Å². The fraction of sp³-hybridized carbons (Fsp3) is 0.400. The van der Waals surface area contributed by atoms with E-state index in [4.69, 9.17) is 0 Å². The average Bonchev–Trinajstić information content (AvgIpc) is 2.44.